The number of rotatable bonds is 0. The molecule has 4 rings (SSSR count). The summed E-state index contributed by atoms with van der Waals surface area (Å²) in [5.74, 6) is 2.31. The third kappa shape index (κ3) is 68.7. The molecule has 0 bridgehead atoms. The maximum Gasteiger partial charge on any atom is -0.0386 e. The van der Waals surface area contributed by atoms with Gasteiger partial charge in [0.15, 0.2) is 0 Å². The van der Waals surface area contributed by atoms with Crippen molar-refractivity contribution in [1.82, 2.24) is 0 Å². The Kier molecular flexibility index (Phi) is 87.6. The highest BCUT2D eigenvalue weighted by atomic mass is 14.3. The predicted octanol–water partition coefficient (Wildman–Crippen LogP) is 17.4. The van der Waals surface area contributed by atoms with Crippen LogP contribution in [0.3, 0.4) is 0 Å². The van der Waals surface area contributed by atoms with E-state index in [2.05, 4.69) is 83.1 Å². The van der Waals surface area contributed by atoms with E-state index in [1.54, 1.807) is 25.7 Å². The fourth-order valence-electron chi connectivity index (χ4n) is 4.80. The average Bonchev–Trinajstić information content (AvgIpc) is 3.54. The van der Waals surface area contributed by atoms with Crippen LogP contribution >= 0.6 is 0 Å². The summed E-state index contributed by atoms with van der Waals surface area (Å²) in [5, 5.41) is 0. The van der Waals surface area contributed by atoms with Gasteiger partial charge in [0.1, 0.15) is 0 Å². The maximum absolute atomic E-state index is 2.12. The summed E-state index contributed by atoms with van der Waals surface area (Å²) < 4.78 is 0. The van der Waals surface area contributed by atoms with E-state index in [1.807, 2.05) is 0 Å². The molecule has 0 unspecified atom stereocenters. The molecule has 0 aliphatic heterocycles. The van der Waals surface area contributed by atoms with Gasteiger partial charge in [-0.05, 0) is 11.8 Å². The molecule has 0 heterocycles. The lowest BCUT2D eigenvalue weighted by Crippen LogP contribution is -2.22. The number of hydrogen-bond acceptors (Lipinski definition) is 0. The Labute approximate surface area is 269 Å². The Bertz CT molecular complexity index is 239. The van der Waals surface area contributed by atoms with Crippen LogP contribution < -0.4 is 0 Å². The fourth-order valence-corrected chi connectivity index (χ4v) is 4.80. The van der Waals surface area contributed by atoms with Gasteiger partial charge in [-0.3, -0.25) is 0 Å². The molecule has 0 radical (unpaired) electrons. The largest absolute Gasteiger partial charge is 0.0776 e. The van der Waals surface area contributed by atoms with Gasteiger partial charge in [-0.2, -0.15) is 0 Å². The first-order valence-corrected chi connectivity index (χ1v) is 19.0. The highest BCUT2D eigenvalue weighted by Crippen LogP contribution is 2.40. The van der Waals surface area contributed by atoms with Crippen molar-refractivity contribution in [3.63, 3.8) is 0 Å². The molecular weight excluding hydrogens is 492 g/mol. The lowest BCUT2D eigenvalue weighted by Gasteiger charge is -2.35. The standard InChI is InChI=1S/C10H18.C6H12.C5H10.6C3H8.2CH4/c1-2-6-10-8-4-3-7-9(10)5-1;1-2-4-6-5-3-1;1-2-4-5-3-1;6*1-3-2;;/h9-10H,1-8H2;1-6H2;1-5H2;6*3H2,1-2H3;2*1H4. The zero-order valence-corrected chi connectivity index (χ0v) is 30.8. The first-order valence-electron chi connectivity index (χ1n) is 19.0. The van der Waals surface area contributed by atoms with E-state index in [0.717, 1.165) is 11.8 Å². The van der Waals surface area contributed by atoms with Crippen LogP contribution in [0.1, 0.15) is 258 Å². The Morgan fingerprint density at radius 2 is 0.341 bits per heavy atom. The van der Waals surface area contributed by atoms with Gasteiger partial charge in [-0.25, -0.2) is 0 Å². The summed E-state index contributed by atoms with van der Waals surface area (Å²) in [4.78, 5) is 0. The van der Waals surface area contributed by atoms with Crippen LogP contribution in [0.5, 0.6) is 0 Å². The minimum Gasteiger partial charge on any atom is -0.0776 e. The Morgan fingerprint density at radius 1 is 0.244 bits per heavy atom. The predicted molar refractivity (Wildman–Crippen MR) is 204 cm³/mol. The topological polar surface area (TPSA) is 0 Å². The lowest BCUT2D eigenvalue weighted by molar-refractivity contribution is 0.171. The molecule has 0 heteroatoms. The molecule has 0 spiro atoms. The molecular formula is C41H96. The van der Waals surface area contributed by atoms with Gasteiger partial charge in [0.05, 0.1) is 0 Å². The van der Waals surface area contributed by atoms with Gasteiger partial charge in [0.25, 0.3) is 0 Å². The van der Waals surface area contributed by atoms with Crippen molar-refractivity contribution in [3.05, 3.63) is 0 Å². The molecule has 0 aromatic heterocycles. The van der Waals surface area contributed by atoms with Gasteiger partial charge in [0, 0.05) is 0 Å². The summed E-state index contributed by atoms with van der Waals surface area (Å²) >= 11 is 0. The van der Waals surface area contributed by atoms with Crippen LogP contribution in [0.25, 0.3) is 0 Å². The number of hydrogen-bond donors (Lipinski definition) is 0. The van der Waals surface area contributed by atoms with E-state index in [4.69, 9.17) is 0 Å². The first kappa shape index (κ1) is 56.7. The minimum atomic E-state index is 0. The van der Waals surface area contributed by atoms with Gasteiger partial charge in [-0.1, -0.05) is 258 Å². The maximum atomic E-state index is 2.12. The van der Waals surface area contributed by atoms with Crippen LogP contribution in [0.2, 0.25) is 0 Å². The van der Waals surface area contributed by atoms with Crippen molar-refractivity contribution in [2.75, 3.05) is 0 Å². The van der Waals surface area contributed by atoms with Crippen molar-refractivity contribution in [2.24, 2.45) is 11.8 Å². The van der Waals surface area contributed by atoms with E-state index in [-0.39, 0.29) is 14.9 Å². The van der Waals surface area contributed by atoms with Crippen LogP contribution in [0.4, 0.5) is 0 Å². The van der Waals surface area contributed by atoms with Crippen molar-refractivity contribution in [2.45, 2.75) is 258 Å². The quantitative estimate of drug-likeness (QED) is 0.264. The van der Waals surface area contributed by atoms with E-state index in [0.29, 0.717) is 0 Å². The molecule has 0 aromatic carbocycles. The smallest absolute Gasteiger partial charge is 0.0386 e. The summed E-state index contributed by atoms with van der Waals surface area (Å²) in [6.45, 7) is 25.5. The second kappa shape index (κ2) is 63.3. The Balaban J connectivity index is -0.0000000667. The third-order valence-corrected chi connectivity index (χ3v) is 6.22. The van der Waals surface area contributed by atoms with Gasteiger partial charge < -0.3 is 0 Å². The molecule has 0 atom stereocenters. The highest BCUT2D eigenvalue weighted by molar-refractivity contribution is 4.78. The summed E-state index contributed by atoms with van der Waals surface area (Å²) in [5.41, 5.74) is 0. The van der Waals surface area contributed by atoms with Crippen molar-refractivity contribution in [1.29, 1.82) is 0 Å². The van der Waals surface area contributed by atoms with Gasteiger partial charge in [0.2, 0.25) is 0 Å². The second-order valence-electron chi connectivity index (χ2n) is 12.2. The molecule has 4 fully saturated rings. The Morgan fingerprint density at radius 3 is 0.439 bits per heavy atom. The molecule has 0 amide bonds. The molecule has 4 aliphatic carbocycles. The Hall–Kier alpha value is 0. The minimum absolute atomic E-state index is 0. The van der Waals surface area contributed by atoms with Crippen LogP contribution in [-0.4, -0.2) is 0 Å². The molecule has 4 aliphatic rings. The SMILES string of the molecule is C.C.C1CCC2CCCCC2C1.C1CCCC1.C1CCCCC1.CCC.CCC.CCC.CCC.CCC.CCC. The highest BCUT2D eigenvalue weighted by Gasteiger charge is 2.26. The zero-order chi connectivity index (χ0) is 30.8. The third-order valence-electron chi connectivity index (χ3n) is 6.22. The van der Waals surface area contributed by atoms with Gasteiger partial charge in [-0.15, -0.1) is 0 Å². The summed E-state index contributed by atoms with van der Waals surface area (Å²) in [6.07, 6.45) is 36.4. The van der Waals surface area contributed by atoms with Gasteiger partial charge >= 0.3 is 0 Å². The second-order valence-corrected chi connectivity index (χ2v) is 12.2. The fraction of sp³-hybridized carbons (Fsp3) is 1.00. The normalized spacial score (nSPS) is 19.0. The van der Waals surface area contributed by atoms with Crippen molar-refractivity contribution < 1.29 is 0 Å². The van der Waals surface area contributed by atoms with Crippen LogP contribution in [0.15, 0.2) is 0 Å². The van der Waals surface area contributed by atoms with E-state index < -0.39 is 0 Å². The van der Waals surface area contributed by atoms with Crippen LogP contribution in [0, 0.1) is 11.8 Å². The molecule has 4 saturated carbocycles. The number of fused-ring (bicyclic) bond motifs is 1. The summed E-state index contributed by atoms with van der Waals surface area (Å²) in [6, 6.07) is 0. The average molecular weight is 589 g/mol. The molecule has 0 saturated heterocycles. The molecule has 0 aromatic rings. The molecule has 260 valence electrons. The van der Waals surface area contributed by atoms with E-state index >= 15 is 0 Å². The van der Waals surface area contributed by atoms with E-state index in [9.17, 15) is 0 Å². The van der Waals surface area contributed by atoms with Crippen molar-refractivity contribution in [3.8, 4) is 0 Å². The van der Waals surface area contributed by atoms with Crippen LogP contribution in [-0.2, 0) is 0 Å². The summed E-state index contributed by atoms with van der Waals surface area (Å²) in [7, 11) is 0. The lowest BCUT2D eigenvalue weighted by atomic mass is 9.71. The molecule has 0 N–H and O–H groups in total. The van der Waals surface area contributed by atoms with Crippen molar-refractivity contribution >= 4 is 0 Å². The molecule has 0 nitrogen and oxygen atoms in total. The van der Waals surface area contributed by atoms with E-state index in [1.165, 1.54) is 135 Å². The monoisotopic (exact) mass is 589 g/mol. The zero-order valence-electron chi connectivity index (χ0n) is 30.8. The first-order chi connectivity index (χ1) is 19.0. The molecule has 41 heavy (non-hydrogen) atoms.